The number of rotatable bonds is 6. The molecule has 0 unspecified atom stereocenters. The summed E-state index contributed by atoms with van der Waals surface area (Å²) >= 11 is 5.87. The van der Waals surface area contributed by atoms with Crippen molar-refractivity contribution in [2.45, 2.75) is 38.3 Å². The summed E-state index contributed by atoms with van der Waals surface area (Å²) in [6.07, 6.45) is 4.95. The van der Waals surface area contributed by atoms with E-state index < -0.39 is 0 Å². The van der Waals surface area contributed by atoms with Gasteiger partial charge in [0.05, 0.1) is 7.11 Å². The van der Waals surface area contributed by atoms with Crippen LogP contribution in [-0.2, 0) is 6.54 Å². The number of hydrogen-bond donors (Lipinski definition) is 0. The van der Waals surface area contributed by atoms with Crippen LogP contribution >= 0.6 is 11.6 Å². The van der Waals surface area contributed by atoms with E-state index in [2.05, 4.69) is 4.90 Å². The fourth-order valence-electron chi connectivity index (χ4n) is 2.77. The van der Waals surface area contributed by atoms with E-state index in [0.717, 1.165) is 12.1 Å². The van der Waals surface area contributed by atoms with Crippen LogP contribution in [0.25, 0.3) is 0 Å². The minimum Gasteiger partial charge on any atom is -0.497 e. The lowest BCUT2D eigenvalue weighted by Crippen LogP contribution is -2.34. The lowest BCUT2D eigenvalue weighted by atomic mass is 10.1. The second-order valence-electron chi connectivity index (χ2n) is 5.06. The third kappa shape index (κ3) is 3.83. The molecule has 0 N–H and O–H groups in total. The molecule has 1 aromatic rings. The molecular formula is C15H21ClFNO. The van der Waals surface area contributed by atoms with Gasteiger partial charge in [-0.1, -0.05) is 18.9 Å². The van der Waals surface area contributed by atoms with Crippen molar-refractivity contribution in [3.05, 3.63) is 29.6 Å². The van der Waals surface area contributed by atoms with Crippen LogP contribution < -0.4 is 4.74 Å². The summed E-state index contributed by atoms with van der Waals surface area (Å²) in [7, 11) is 1.55. The Bertz CT molecular complexity index is 407. The zero-order chi connectivity index (χ0) is 13.7. The van der Waals surface area contributed by atoms with Gasteiger partial charge in [0.25, 0.3) is 0 Å². The highest BCUT2D eigenvalue weighted by molar-refractivity contribution is 6.18. The minimum absolute atomic E-state index is 0.197. The van der Waals surface area contributed by atoms with Crippen LogP contribution in [0.4, 0.5) is 4.39 Å². The zero-order valence-corrected chi connectivity index (χ0v) is 12.1. The first kappa shape index (κ1) is 14.6. The summed E-state index contributed by atoms with van der Waals surface area (Å²) in [5.41, 5.74) is 0.720. The van der Waals surface area contributed by atoms with E-state index in [1.54, 1.807) is 7.11 Å². The molecule has 1 fully saturated rings. The molecule has 0 bridgehead atoms. The van der Waals surface area contributed by atoms with Gasteiger partial charge in [-0.3, -0.25) is 4.90 Å². The van der Waals surface area contributed by atoms with Crippen molar-refractivity contribution >= 4 is 11.6 Å². The summed E-state index contributed by atoms with van der Waals surface area (Å²) in [4.78, 5) is 2.31. The molecular weight excluding hydrogens is 265 g/mol. The van der Waals surface area contributed by atoms with Gasteiger partial charge in [0, 0.05) is 36.6 Å². The van der Waals surface area contributed by atoms with Crippen LogP contribution in [0, 0.1) is 5.82 Å². The lowest BCUT2D eigenvalue weighted by molar-refractivity contribution is 0.199. The van der Waals surface area contributed by atoms with E-state index in [-0.39, 0.29) is 5.82 Å². The zero-order valence-electron chi connectivity index (χ0n) is 11.4. The summed E-state index contributed by atoms with van der Waals surface area (Å²) in [5.74, 6) is 0.955. The van der Waals surface area contributed by atoms with Crippen molar-refractivity contribution in [3.63, 3.8) is 0 Å². The number of hydrogen-bond acceptors (Lipinski definition) is 2. The lowest BCUT2D eigenvalue weighted by Gasteiger charge is -2.28. The topological polar surface area (TPSA) is 12.5 Å². The van der Waals surface area contributed by atoms with Crippen molar-refractivity contribution in [3.8, 4) is 5.75 Å². The van der Waals surface area contributed by atoms with E-state index in [1.165, 1.54) is 31.7 Å². The van der Waals surface area contributed by atoms with Crippen LogP contribution in [0.3, 0.4) is 0 Å². The summed E-state index contributed by atoms with van der Waals surface area (Å²) in [6, 6.07) is 5.62. The number of nitrogens with zero attached hydrogens (tertiary/aromatic N) is 1. The van der Waals surface area contributed by atoms with Crippen LogP contribution in [0.5, 0.6) is 5.75 Å². The first-order valence-corrected chi connectivity index (χ1v) is 7.40. The fraction of sp³-hybridized carbons (Fsp3) is 0.600. The second kappa shape index (κ2) is 7.11. The molecule has 0 aromatic heterocycles. The maximum Gasteiger partial charge on any atom is 0.131 e. The quantitative estimate of drug-likeness (QED) is 0.737. The normalized spacial score (nSPS) is 16.2. The molecule has 19 heavy (non-hydrogen) atoms. The van der Waals surface area contributed by atoms with Gasteiger partial charge in [-0.2, -0.15) is 0 Å². The van der Waals surface area contributed by atoms with Gasteiger partial charge in [-0.25, -0.2) is 4.39 Å². The van der Waals surface area contributed by atoms with E-state index >= 15 is 0 Å². The van der Waals surface area contributed by atoms with Gasteiger partial charge in [0.2, 0.25) is 0 Å². The molecule has 0 aliphatic heterocycles. The fourth-order valence-corrected chi connectivity index (χ4v) is 2.99. The van der Waals surface area contributed by atoms with Crippen molar-refractivity contribution in [1.29, 1.82) is 0 Å². The van der Waals surface area contributed by atoms with Crippen LogP contribution in [0.1, 0.15) is 31.2 Å². The predicted octanol–water partition coefficient (Wildman–Crippen LogP) is 3.82. The molecule has 0 saturated heterocycles. The summed E-state index contributed by atoms with van der Waals surface area (Å²) < 4.78 is 19.0. The van der Waals surface area contributed by atoms with E-state index in [1.807, 2.05) is 12.1 Å². The first-order valence-electron chi connectivity index (χ1n) is 6.87. The average Bonchev–Trinajstić information content (AvgIpc) is 2.94. The molecule has 106 valence electrons. The van der Waals surface area contributed by atoms with Crippen LogP contribution in [0.2, 0.25) is 0 Å². The number of benzene rings is 1. The predicted molar refractivity (Wildman–Crippen MR) is 76.3 cm³/mol. The molecule has 0 atom stereocenters. The van der Waals surface area contributed by atoms with Gasteiger partial charge >= 0.3 is 0 Å². The second-order valence-corrected chi connectivity index (χ2v) is 5.43. The number of methoxy groups -OCH3 is 1. The Hall–Kier alpha value is -0.800. The molecule has 0 heterocycles. The van der Waals surface area contributed by atoms with E-state index in [9.17, 15) is 4.39 Å². The number of alkyl halides is 1. The Morgan fingerprint density at radius 2 is 2.11 bits per heavy atom. The van der Waals surface area contributed by atoms with E-state index in [4.69, 9.17) is 16.3 Å². The molecule has 0 amide bonds. The number of ether oxygens (including phenoxy) is 1. The largest absolute Gasteiger partial charge is 0.497 e. The van der Waals surface area contributed by atoms with Gasteiger partial charge in [0.15, 0.2) is 0 Å². The Labute approximate surface area is 119 Å². The Balaban J connectivity index is 2.07. The molecule has 1 saturated carbocycles. The Morgan fingerprint density at radius 1 is 1.37 bits per heavy atom. The molecule has 2 rings (SSSR count). The Morgan fingerprint density at radius 3 is 2.68 bits per heavy atom. The van der Waals surface area contributed by atoms with Crippen LogP contribution in [0.15, 0.2) is 18.2 Å². The van der Waals surface area contributed by atoms with Crippen molar-refractivity contribution in [1.82, 2.24) is 4.90 Å². The third-order valence-corrected chi connectivity index (χ3v) is 4.02. The smallest absolute Gasteiger partial charge is 0.131 e. The Kier molecular flexibility index (Phi) is 5.46. The highest BCUT2D eigenvalue weighted by Gasteiger charge is 2.23. The van der Waals surface area contributed by atoms with Gasteiger partial charge in [0.1, 0.15) is 11.6 Å². The van der Waals surface area contributed by atoms with Gasteiger partial charge in [-0.15, -0.1) is 11.6 Å². The molecule has 0 radical (unpaired) electrons. The molecule has 1 aromatic carbocycles. The van der Waals surface area contributed by atoms with Crippen LogP contribution in [-0.4, -0.2) is 30.5 Å². The first-order chi connectivity index (χ1) is 9.24. The standard InChI is InChI=1S/C15H21ClFNO/c1-19-14-7-6-12(15(17)10-14)11-18(9-8-16)13-4-2-3-5-13/h6-7,10,13H,2-5,8-9,11H2,1H3. The molecule has 1 aliphatic rings. The van der Waals surface area contributed by atoms with Crippen molar-refractivity contribution in [2.24, 2.45) is 0 Å². The minimum atomic E-state index is -0.197. The van der Waals surface area contributed by atoms with Gasteiger partial charge < -0.3 is 4.74 Å². The van der Waals surface area contributed by atoms with Crippen molar-refractivity contribution in [2.75, 3.05) is 19.5 Å². The highest BCUT2D eigenvalue weighted by atomic mass is 35.5. The highest BCUT2D eigenvalue weighted by Crippen LogP contribution is 2.26. The molecule has 2 nitrogen and oxygen atoms in total. The number of halogens is 2. The SMILES string of the molecule is COc1ccc(CN(CCCl)C2CCCC2)c(F)c1. The third-order valence-electron chi connectivity index (χ3n) is 3.85. The van der Waals surface area contributed by atoms with Gasteiger partial charge in [-0.05, 0) is 18.9 Å². The van der Waals surface area contributed by atoms with E-state index in [0.29, 0.717) is 24.2 Å². The maximum atomic E-state index is 14.0. The summed E-state index contributed by atoms with van der Waals surface area (Å²) in [5, 5.41) is 0. The van der Waals surface area contributed by atoms with Crippen molar-refractivity contribution < 1.29 is 9.13 Å². The molecule has 0 spiro atoms. The maximum absolute atomic E-state index is 14.0. The summed E-state index contributed by atoms with van der Waals surface area (Å²) in [6.45, 7) is 1.45. The monoisotopic (exact) mass is 285 g/mol. The molecule has 1 aliphatic carbocycles. The average molecular weight is 286 g/mol. The molecule has 4 heteroatoms.